The summed E-state index contributed by atoms with van der Waals surface area (Å²) >= 11 is 0. The van der Waals surface area contributed by atoms with E-state index < -0.39 is 8.07 Å². The predicted octanol–water partition coefficient (Wildman–Crippen LogP) is 12.9. The lowest BCUT2D eigenvalue weighted by Gasteiger charge is -2.34. The molecule has 3 heterocycles. The van der Waals surface area contributed by atoms with Gasteiger partial charge in [-0.05, 0) is 86.5 Å². The summed E-state index contributed by atoms with van der Waals surface area (Å²) in [5, 5.41) is 9.83. The van der Waals surface area contributed by atoms with Crippen molar-refractivity contribution < 1.29 is 4.42 Å². The summed E-state index contributed by atoms with van der Waals surface area (Å²) in [6.45, 7) is 0. The molecule has 0 unspecified atom stereocenters. The van der Waals surface area contributed by atoms with E-state index in [2.05, 4.69) is 247 Å². The molecule has 6 heteroatoms. The van der Waals surface area contributed by atoms with Crippen LogP contribution < -0.4 is 20.7 Å². The van der Waals surface area contributed by atoms with Crippen LogP contribution in [0.15, 0.2) is 259 Å². The summed E-state index contributed by atoms with van der Waals surface area (Å²) in [5.74, 6) is 1.82. The molecule has 0 aliphatic carbocycles. The minimum atomic E-state index is -2.84. The second-order valence-corrected chi connectivity index (χ2v) is 21.3. The van der Waals surface area contributed by atoms with Gasteiger partial charge in [0.1, 0.15) is 11.2 Å². The fourth-order valence-corrected chi connectivity index (χ4v) is 15.2. The van der Waals surface area contributed by atoms with Crippen LogP contribution in [0.4, 0.5) is 0 Å². The summed E-state index contributed by atoms with van der Waals surface area (Å²) in [6, 6.07) is 90.9. The Morgan fingerprint density at radius 3 is 1.30 bits per heavy atom. The smallest absolute Gasteiger partial charge is 0.179 e. The van der Waals surface area contributed by atoms with Gasteiger partial charge in [-0.15, -0.1) is 0 Å². The van der Waals surface area contributed by atoms with Crippen LogP contribution in [0.1, 0.15) is 0 Å². The van der Waals surface area contributed by atoms with Crippen molar-refractivity contribution in [3.05, 3.63) is 255 Å². The third-order valence-electron chi connectivity index (χ3n) is 13.6. The second-order valence-electron chi connectivity index (χ2n) is 17.5. The van der Waals surface area contributed by atoms with E-state index in [4.69, 9.17) is 19.4 Å². The minimum Gasteiger partial charge on any atom is -0.456 e. The molecule has 10 aromatic carbocycles. The molecule has 0 saturated carbocycles. The maximum atomic E-state index is 6.15. The van der Waals surface area contributed by atoms with E-state index in [0.717, 1.165) is 55.4 Å². The van der Waals surface area contributed by atoms with Gasteiger partial charge in [0, 0.05) is 43.9 Å². The maximum Gasteiger partial charge on any atom is 0.179 e. The number of hydrogen-bond donors (Lipinski definition) is 0. The van der Waals surface area contributed by atoms with Crippen LogP contribution in [0.2, 0.25) is 0 Å². The molecule has 0 fully saturated rings. The second kappa shape index (κ2) is 16.7. The molecule has 324 valence electrons. The highest BCUT2D eigenvalue weighted by Crippen LogP contribution is 2.35. The number of para-hydroxylation sites is 3. The summed E-state index contributed by atoms with van der Waals surface area (Å²) in [5.41, 5.74) is 10.1. The maximum absolute atomic E-state index is 6.15. The Kier molecular flexibility index (Phi) is 9.77. The summed E-state index contributed by atoms with van der Waals surface area (Å²) in [6.07, 6.45) is 0. The van der Waals surface area contributed by atoms with E-state index in [1.165, 1.54) is 42.6 Å². The molecule has 0 radical (unpaired) electrons. The molecule has 13 aromatic rings. The highest BCUT2D eigenvalue weighted by molar-refractivity contribution is 7.19. The zero-order valence-electron chi connectivity index (χ0n) is 37.4. The predicted molar refractivity (Wildman–Crippen MR) is 287 cm³/mol. The van der Waals surface area contributed by atoms with Gasteiger partial charge < -0.3 is 8.98 Å². The number of rotatable bonds is 9. The molecule has 0 bridgehead atoms. The Bertz CT molecular complexity index is 3850. The van der Waals surface area contributed by atoms with Crippen molar-refractivity contribution in [2.45, 2.75) is 0 Å². The first-order valence-electron chi connectivity index (χ1n) is 23.3. The average molecular weight is 899 g/mol. The molecular weight excluding hydrogens is 857 g/mol. The van der Waals surface area contributed by atoms with Crippen molar-refractivity contribution in [3.8, 4) is 51.0 Å². The first-order valence-corrected chi connectivity index (χ1v) is 25.3. The Labute approximate surface area is 400 Å². The van der Waals surface area contributed by atoms with E-state index in [9.17, 15) is 0 Å². The molecule has 0 aliphatic rings. The van der Waals surface area contributed by atoms with E-state index in [-0.39, 0.29) is 0 Å². The van der Waals surface area contributed by atoms with Crippen molar-refractivity contribution >= 4 is 72.6 Å². The van der Waals surface area contributed by atoms with Crippen LogP contribution >= 0.6 is 0 Å². The molecule has 69 heavy (non-hydrogen) atoms. The van der Waals surface area contributed by atoms with Gasteiger partial charge in [0.05, 0.1) is 11.0 Å². The fourth-order valence-electron chi connectivity index (χ4n) is 10.4. The average Bonchev–Trinajstić information content (AvgIpc) is 3.98. The molecule has 5 nitrogen and oxygen atoms in total. The largest absolute Gasteiger partial charge is 0.456 e. The zero-order valence-corrected chi connectivity index (χ0v) is 38.4. The Morgan fingerprint density at radius 1 is 0.290 bits per heavy atom. The molecule has 13 rings (SSSR count). The third kappa shape index (κ3) is 6.88. The first-order chi connectivity index (χ1) is 34.2. The van der Waals surface area contributed by atoms with E-state index in [0.29, 0.717) is 17.5 Å². The lowest BCUT2D eigenvalue weighted by atomic mass is 10.0. The van der Waals surface area contributed by atoms with Crippen molar-refractivity contribution in [1.29, 1.82) is 0 Å². The lowest BCUT2D eigenvalue weighted by molar-refractivity contribution is 0.669. The summed E-state index contributed by atoms with van der Waals surface area (Å²) < 4.78 is 8.48. The van der Waals surface area contributed by atoms with Crippen molar-refractivity contribution in [2.75, 3.05) is 0 Å². The molecule has 0 spiro atoms. The van der Waals surface area contributed by atoms with E-state index in [1.54, 1.807) is 0 Å². The lowest BCUT2D eigenvalue weighted by Crippen LogP contribution is -2.74. The molecule has 0 amide bonds. The summed E-state index contributed by atoms with van der Waals surface area (Å²) in [4.78, 5) is 15.9. The molecule has 0 saturated heterocycles. The van der Waals surface area contributed by atoms with Gasteiger partial charge in [-0.1, -0.05) is 200 Å². The topological polar surface area (TPSA) is 56.7 Å². The number of aromatic nitrogens is 4. The zero-order chi connectivity index (χ0) is 45.7. The van der Waals surface area contributed by atoms with Crippen LogP contribution in [0.5, 0.6) is 0 Å². The number of hydrogen-bond acceptors (Lipinski definition) is 4. The van der Waals surface area contributed by atoms with Crippen LogP contribution in [-0.4, -0.2) is 27.6 Å². The normalized spacial score (nSPS) is 11.8. The van der Waals surface area contributed by atoms with Crippen LogP contribution in [0.25, 0.3) is 94.7 Å². The SMILES string of the molecule is c1ccc([Si](c2ccccc2)(c2ccccc2)c2cccc(-c3nc(-c4ccc(-c5ccc6oc7ccccc7c6c5)cc4)nc(-c4ccc(-n5c6ccccc6c6ccccc65)cc4)n3)c2)cc1. The quantitative estimate of drug-likeness (QED) is 0.107. The van der Waals surface area contributed by atoms with Gasteiger partial charge in [-0.25, -0.2) is 15.0 Å². The van der Waals surface area contributed by atoms with Gasteiger partial charge in [0.15, 0.2) is 25.5 Å². The van der Waals surface area contributed by atoms with E-state index in [1.807, 2.05) is 12.1 Å². The fraction of sp³-hybridized carbons (Fsp3) is 0. The van der Waals surface area contributed by atoms with Crippen LogP contribution in [-0.2, 0) is 0 Å². The molecular formula is C63H42N4OSi. The van der Waals surface area contributed by atoms with Gasteiger partial charge in [-0.3, -0.25) is 0 Å². The van der Waals surface area contributed by atoms with Gasteiger partial charge in [0.25, 0.3) is 0 Å². The first kappa shape index (κ1) is 40.3. The minimum absolute atomic E-state index is 0.604. The Balaban J connectivity index is 0.961. The molecule has 0 atom stereocenters. The van der Waals surface area contributed by atoms with Gasteiger partial charge in [0.2, 0.25) is 0 Å². The number of furan rings is 1. The van der Waals surface area contributed by atoms with Crippen molar-refractivity contribution in [2.24, 2.45) is 0 Å². The van der Waals surface area contributed by atoms with Gasteiger partial charge >= 0.3 is 0 Å². The monoisotopic (exact) mass is 898 g/mol. The number of fused-ring (bicyclic) bond motifs is 6. The Hall–Kier alpha value is -8.97. The van der Waals surface area contributed by atoms with Crippen LogP contribution in [0, 0.1) is 0 Å². The highest BCUT2D eigenvalue weighted by Gasteiger charge is 2.41. The van der Waals surface area contributed by atoms with Crippen molar-refractivity contribution in [3.63, 3.8) is 0 Å². The molecule has 0 aliphatic heterocycles. The standard InChI is InChI=1S/C63H42N4OSi/c1-4-18-49(19-5-1)69(50-20-6-2-7-21-50,51-22-8-3-9-23-51)52-24-16-17-47(41-52)63-65-61(44-33-31-43(32-34-44)46-37-40-60-56(42-46)55-27-12-15-30-59(55)68-60)64-62(66-63)45-35-38-48(39-36-45)67-57-28-13-10-25-53(57)54-26-11-14-29-58(54)67/h1-42H. The molecule has 0 N–H and O–H groups in total. The molecule has 3 aromatic heterocycles. The number of nitrogens with zero attached hydrogens (tertiary/aromatic N) is 4. The highest BCUT2D eigenvalue weighted by atomic mass is 28.3. The summed E-state index contributed by atoms with van der Waals surface area (Å²) in [7, 11) is -2.84. The van der Waals surface area contributed by atoms with E-state index >= 15 is 0 Å². The third-order valence-corrected chi connectivity index (χ3v) is 18.4. The Morgan fingerprint density at radius 2 is 0.725 bits per heavy atom. The number of benzene rings is 10. The van der Waals surface area contributed by atoms with Gasteiger partial charge in [-0.2, -0.15) is 0 Å². The van der Waals surface area contributed by atoms with Crippen molar-refractivity contribution in [1.82, 2.24) is 19.5 Å². The van der Waals surface area contributed by atoms with Crippen LogP contribution in [0.3, 0.4) is 0 Å².